The van der Waals surface area contributed by atoms with Crippen LogP contribution in [-0.4, -0.2) is 24.1 Å². The second kappa shape index (κ2) is 12.1. The van der Waals surface area contributed by atoms with Gasteiger partial charge in [0.1, 0.15) is 0 Å². The fourth-order valence-corrected chi connectivity index (χ4v) is 8.07. The van der Waals surface area contributed by atoms with Gasteiger partial charge in [-0.2, -0.15) is 9.97 Å². The molecule has 0 saturated heterocycles. The number of fused-ring (bicyclic) bond motifs is 8. The monoisotopic (exact) mass is 689 g/mol. The maximum atomic E-state index is 5.31. The first-order chi connectivity index (χ1) is 26.8. The van der Waals surface area contributed by atoms with E-state index < -0.39 is 0 Å². The Balaban J connectivity index is 1.21. The van der Waals surface area contributed by atoms with Crippen molar-refractivity contribution in [2.45, 2.75) is 0 Å². The molecule has 11 rings (SSSR count). The lowest BCUT2D eigenvalue weighted by molar-refractivity contribution is 0.954. The van der Waals surface area contributed by atoms with Crippen LogP contribution in [0.25, 0.3) is 99.9 Å². The lowest BCUT2D eigenvalue weighted by atomic mass is 10.0. The third kappa shape index (κ3) is 4.76. The van der Waals surface area contributed by atoms with Gasteiger partial charge in [0.2, 0.25) is 5.95 Å². The lowest BCUT2D eigenvalue weighted by Crippen LogP contribution is -2.07. The second-order valence-corrected chi connectivity index (χ2v) is 13.7. The minimum Gasteiger partial charge on any atom is -0.309 e. The Labute approximate surface area is 311 Å². The van der Waals surface area contributed by atoms with Gasteiger partial charge in [0.05, 0.1) is 22.1 Å². The fourth-order valence-electron chi connectivity index (χ4n) is 8.07. The van der Waals surface area contributed by atoms with Crippen molar-refractivity contribution in [1.82, 2.24) is 24.1 Å². The van der Waals surface area contributed by atoms with Crippen molar-refractivity contribution in [3.05, 3.63) is 188 Å². The van der Waals surface area contributed by atoms with Crippen LogP contribution in [0.15, 0.2) is 188 Å². The van der Waals surface area contributed by atoms with Gasteiger partial charge in [-0.3, -0.25) is 4.57 Å². The van der Waals surface area contributed by atoms with Crippen molar-refractivity contribution in [2.75, 3.05) is 0 Å². The zero-order valence-corrected chi connectivity index (χ0v) is 29.1. The molecule has 0 aliphatic carbocycles. The summed E-state index contributed by atoms with van der Waals surface area (Å²) in [5, 5.41) is 7.04. The predicted octanol–water partition coefficient (Wildman–Crippen LogP) is 12.2. The van der Waals surface area contributed by atoms with Crippen LogP contribution in [0.1, 0.15) is 0 Å². The highest BCUT2D eigenvalue weighted by atomic mass is 15.2. The Morgan fingerprint density at radius 1 is 0.315 bits per heavy atom. The van der Waals surface area contributed by atoms with Crippen molar-refractivity contribution in [3.8, 4) is 45.5 Å². The minimum absolute atomic E-state index is 0.571. The summed E-state index contributed by atoms with van der Waals surface area (Å²) in [5.41, 5.74) is 9.66. The van der Waals surface area contributed by atoms with E-state index in [1.54, 1.807) is 0 Å². The number of nitrogens with zero attached hydrogens (tertiary/aromatic N) is 5. The first-order valence-corrected chi connectivity index (χ1v) is 18.2. The number of aromatic nitrogens is 5. The van der Waals surface area contributed by atoms with Crippen molar-refractivity contribution >= 4 is 54.4 Å². The standard InChI is InChI=1S/C49H31N5/c1-3-13-32(14-4-1)33-23-25-36(26-24-33)48-50-47(35-16-5-2-6-17-35)51-49(52-48)54-45-31-37(53-43-21-11-9-19-39(43)40-20-10-12-22-44(40)53)28-30-41(45)42-29-27-34-15-7-8-18-38(34)46(42)54/h1-31H. The van der Waals surface area contributed by atoms with Gasteiger partial charge in [-0.05, 0) is 40.8 Å². The normalized spacial score (nSPS) is 11.7. The molecule has 0 bridgehead atoms. The summed E-state index contributed by atoms with van der Waals surface area (Å²) in [4.78, 5) is 15.7. The van der Waals surface area contributed by atoms with Crippen LogP contribution in [0.2, 0.25) is 0 Å². The third-order valence-corrected chi connectivity index (χ3v) is 10.6. The van der Waals surface area contributed by atoms with Crippen LogP contribution in [0.4, 0.5) is 0 Å². The van der Waals surface area contributed by atoms with Crippen molar-refractivity contribution in [2.24, 2.45) is 0 Å². The predicted molar refractivity (Wildman–Crippen MR) is 222 cm³/mol. The van der Waals surface area contributed by atoms with E-state index in [0.717, 1.165) is 55.0 Å². The van der Waals surface area contributed by atoms with E-state index in [2.05, 4.69) is 173 Å². The average molecular weight is 690 g/mol. The van der Waals surface area contributed by atoms with Crippen LogP contribution in [-0.2, 0) is 0 Å². The van der Waals surface area contributed by atoms with Gasteiger partial charge < -0.3 is 4.57 Å². The molecule has 11 aromatic rings. The summed E-state index contributed by atoms with van der Waals surface area (Å²) < 4.78 is 4.62. The molecule has 3 aromatic heterocycles. The molecule has 0 unspecified atom stereocenters. The van der Waals surface area contributed by atoms with E-state index >= 15 is 0 Å². The maximum Gasteiger partial charge on any atom is 0.238 e. The summed E-state index contributed by atoms with van der Waals surface area (Å²) >= 11 is 0. The second-order valence-electron chi connectivity index (χ2n) is 13.7. The molecular weight excluding hydrogens is 659 g/mol. The van der Waals surface area contributed by atoms with Gasteiger partial charge in [-0.25, -0.2) is 4.98 Å². The molecule has 0 N–H and O–H groups in total. The van der Waals surface area contributed by atoms with Crippen LogP contribution in [0, 0.1) is 0 Å². The first-order valence-electron chi connectivity index (χ1n) is 18.2. The molecule has 0 aliphatic heterocycles. The molecule has 5 nitrogen and oxygen atoms in total. The number of benzene rings is 8. The molecule has 54 heavy (non-hydrogen) atoms. The highest BCUT2D eigenvalue weighted by Crippen LogP contribution is 2.39. The summed E-state index contributed by atoms with van der Waals surface area (Å²) in [6.07, 6.45) is 0. The Hall–Kier alpha value is -7.37. The Morgan fingerprint density at radius 3 is 1.50 bits per heavy atom. The Kier molecular flexibility index (Phi) is 6.79. The molecular formula is C49H31N5. The van der Waals surface area contributed by atoms with E-state index in [1.165, 1.54) is 27.4 Å². The topological polar surface area (TPSA) is 48.5 Å². The number of rotatable bonds is 5. The zero-order chi connectivity index (χ0) is 35.6. The zero-order valence-electron chi connectivity index (χ0n) is 29.1. The largest absolute Gasteiger partial charge is 0.309 e. The summed E-state index contributed by atoms with van der Waals surface area (Å²) in [7, 11) is 0. The molecule has 0 saturated carbocycles. The first kappa shape index (κ1) is 30.3. The minimum atomic E-state index is 0.571. The quantitative estimate of drug-likeness (QED) is 0.181. The summed E-state index contributed by atoms with van der Waals surface area (Å²) in [5.74, 6) is 1.81. The maximum absolute atomic E-state index is 5.31. The van der Waals surface area contributed by atoms with Gasteiger partial charge in [-0.15, -0.1) is 0 Å². The van der Waals surface area contributed by atoms with Gasteiger partial charge >= 0.3 is 0 Å². The van der Waals surface area contributed by atoms with Crippen LogP contribution in [0.3, 0.4) is 0 Å². The van der Waals surface area contributed by atoms with Crippen molar-refractivity contribution in [3.63, 3.8) is 0 Å². The van der Waals surface area contributed by atoms with Gasteiger partial charge in [0.25, 0.3) is 0 Å². The van der Waals surface area contributed by atoms with Gasteiger partial charge in [0, 0.05) is 43.7 Å². The number of para-hydroxylation sites is 2. The number of hydrogen-bond donors (Lipinski definition) is 0. The number of hydrogen-bond acceptors (Lipinski definition) is 3. The highest BCUT2D eigenvalue weighted by Gasteiger charge is 2.21. The average Bonchev–Trinajstić information content (AvgIpc) is 3.77. The molecule has 5 heteroatoms. The summed E-state index contributed by atoms with van der Waals surface area (Å²) in [6, 6.07) is 66.2. The van der Waals surface area contributed by atoms with Crippen molar-refractivity contribution in [1.29, 1.82) is 0 Å². The molecule has 3 heterocycles. The van der Waals surface area contributed by atoms with Crippen LogP contribution >= 0.6 is 0 Å². The third-order valence-electron chi connectivity index (χ3n) is 10.6. The van der Waals surface area contributed by atoms with Crippen LogP contribution in [0.5, 0.6) is 0 Å². The van der Waals surface area contributed by atoms with Gasteiger partial charge in [-0.1, -0.05) is 164 Å². The van der Waals surface area contributed by atoms with E-state index in [-0.39, 0.29) is 0 Å². The fraction of sp³-hybridized carbons (Fsp3) is 0. The van der Waals surface area contributed by atoms with E-state index in [9.17, 15) is 0 Å². The highest BCUT2D eigenvalue weighted by molar-refractivity contribution is 6.19. The summed E-state index contributed by atoms with van der Waals surface area (Å²) in [6.45, 7) is 0. The molecule has 0 amide bonds. The SMILES string of the molecule is c1ccc(-c2ccc(-c3nc(-c4ccccc4)nc(-n4c5cc(-n6c7ccccc7c7ccccc76)ccc5c5ccc6ccccc6c54)n3)cc2)cc1. The molecule has 252 valence electrons. The smallest absolute Gasteiger partial charge is 0.238 e. The Morgan fingerprint density at radius 2 is 0.815 bits per heavy atom. The molecule has 0 radical (unpaired) electrons. The molecule has 0 fully saturated rings. The Bertz CT molecular complexity index is 3140. The lowest BCUT2D eigenvalue weighted by Gasteiger charge is -2.13. The molecule has 0 atom stereocenters. The van der Waals surface area contributed by atoms with Gasteiger partial charge in [0.15, 0.2) is 11.6 Å². The van der Waals surface area contributed by atoms with E-state index in [1.807, 2.05) is 24.3 Å². The molecule has 0 aliphatic rings. The molecule has 0 spiro atoms. The van der Waals surface area contributed by atoms with E-state index in [4.69, 9.17) is 15.0 Å². The van der Waals surface area contributed by atoms with E-state index in [0.29, 0.717) is 17.6 Å². The molecule has 8 aromatic carbocycles. The van der Waals surface area contributed by atoms with Crippen molar-refractivity contribution < 1.29 is 0 Å². The van der Waals surface area contributed by atoms with Crippen LogP contribution < -0.4 is 0 Å².